The van der Waals surface area contributed by atoms with Gasteiger partial charge in [0.15, 0.2) is 0 Å². The number of rotatable bonds is 4. The van der Waals surface area contributed by atoms with Crippen LogP contribution in [0.3, 0.4) is 0 Å². The number of hydrogen-bond acceptors (Lipinski definition) is 4. The minimum atomic E-state index is 0.105. The standard InChI is InChI=1S/C19H23N3OS/c1-22-16-7-8-17(22)10-14(9-16)20-18(23)11-15-12-24-19(21-15)13-5-3-2-4-6-13/h2-6,12,14,16-17H,7-11H2,1H3,(H,20,23). The molecular formula is C19H23N3OS. The van der Waals surface area contributed by atoms with Gasteiger partial charge in [-0.05, 0) is 32.7 Å². The number of benzene rings is 1. The Kier molecular flexibility index (Phi) is 4.37. The minimum absolute atomic E-state index is 0.105. The average Bonchev–Trinajstić information content (AvgIpc) is 3.10. The van der Waals surface area contributed by atoms with E-state index >= 15 is 0 Å². The monoisotopic (exact) mass is 341 g/mol. The lowest BCUT2D eigenvalue weighted by molar-refractivity contribution is -0.121. The third-order valence-corrected chi connectivity index (χ3v) is 6.32. The molecule has 2 aliphatic heterocycles. The molecule has 2 unspecified atom stereocenters. The van der Waals surface area contributed by atoms with Crippen molar-refractivity contribution in [2.45, 2.75) is 50.2 Å². The number of aromatic nitrogens is 1. The summed E-state index contributed by atoms with van der Waals surface area (Å²) in [6.07, 6.45) is 5.11. The zero-order valence-corrected chi connectivity index (χ0v) is 14.8. The second kappa shape index (κ2) is 6.65. The topological polar surface area (TPSA) is 45.2 Å². The van der Waals surface area contributed by atoms with E-state index in [9.17, 15) is 4.79 Å². The molecule has 5 heteroatoms. The van der Waals surface area contributed by atoms with Gasteiger partial charge in [0.2, 0.25) is 5.91 Å². The van der Waals surface area contributed by atoms with Crippen LogP contribution in [0.4, 0.5) is 0 Å². The molecule has 2 aliphatic rings. The summed E-state index contributed by atoms with van der Waals surface area (Å²) in [6, 6.07) is 11.8. The van der Waals surface area contributed by atoms with Crippen LogP contribution in [0, 0.1) is 0 Å². The molecule has 2 aromatic rings. The van der Waals surface area contributed by atoms with Crippen LogP contribution >= 0.6 is 11.3 Å². The van der Waals surface area contributed by atoms with Crippen molar-refractivity contribution in [2.75, 3.05) is 7.05 Å². The maximum absolute atomic E-state index is 12.4. The number of carbonyl (C=O) groups is 1. The molecule has 0 spiro atoms. The maximum atomic E-state index is 12.4. The van der Waals surface area contributed by atoms with Gasteiger partial charge >= 0.3 is 0 Å². The molecule has 0 aliphatic carbocycles. The molecule has 4 nitrogen and oxygen atoms in total. The first-order chi connectivity index (χ1) is 11.7. The van der Waals surface area contributed by atoms with Crippen LogP contribution in [0.25, 0.3) is 10.6 Å². The molecule has 2 atom stereocenters. The maximum Gasteiger partial charge on any atom is 0.226 e. The van der Waals surface area contributed by atoms with Crippen molar-refractivity contribution < 1.29 is 4.79 Å². The number of fused-ring (bicyclic) bond motifs is 2. The van der Waals surface area contributed by atoms with Gasteiger partial charge in [-0.2, -0.15) is 0 Å². The van der Waals surface area contributed by atoms with Gasteiger partial charge in [0.05, 0.1) is 12.1 Å². The molecule has 4 rings (SSSR count). The first-order valence-electron chi connectivity index (χ1n) is 8.70. The Morgan fingerprint density at radius 3 is 2.67 bits per heavy atom. The van der Waals surface area contributed by atoms with E-state index in [0.29, 0.717) is 24.5 Å². The van der Waals surface area contributed by atoms with E-state index in [1.54, 1.807) is 11.3 Å². The van der Waals surface area contributed by atoms with Crippen molar-refractivity contribution in [3.05, 3.63) is 41.4 Å². The van der Waals surface area contributed by atoms with E-state index in [1.165, 1.54) is 12.8 Å². The number of nitrogens with zero attached hydrogens (tertiary/aromatic N) is 2. The Hall–Kier alpha value is -1.72. The van der Waals surface area contributed by atoms with Gasteiger partial charge in [0, 0.05) is 29.1 Å². The summed E-state index contributed by atoms with van der Waals surface area (Å²) < 4.78 is 0. The van der Waals surface area contributed by atoms with Gasteiger partial charge in [-0.25, -0.2) is 4.98 Å². The third kappa shape index (κ3) is 3.23. The SMILES string of the molecule is CN1C2CCC1CC(NC(=O)Cc1csc(-c3ccccc3)n1)C2. The average molecular weight is 341 g/mol. The highest BCUT2D eigenvalue weighted by molar-refractivity contribution is 7.13. The molecule has 1 aromatic heterocycles. The second-order valence-corrected chi connectivity index (χ2v) is 7.83. The fourth-order valence-electron chi connectivity index (χ4n) is 4.07. The molecular weight excluding hydrogens is 318 g/mol. The fraction of sp³-hybridized carbons (Fsp3) is 0.474. The zero-order chi connectivity index (χ0) is 16.5. The van der Waals surface area contributed by atoms with E-state index in [-0.39, 0.29) is 5.91 Å². The third-order valence-electron chi connectivity index (χ3n) is 5.38. The molecule has 1 amide bonds. The van der Waals surface area contributed by atoms with Crippen molar-refractivity contribution in [3.63, 3.8) is 0 Å². The quantitative estimate of drug-likeness (QED) is 0.929. The van der Waals surface area contributed by atoms with Gasteiger partial charge in [0.25, 0.3) is 0 Å². The Balaban J connectivity index is 1.35. The van der Waals surface area contributed by atoms with E-state index < -0.39 is 0 Å². The lowest BCUT2D eigenvalue weighted by Crippen LogP contribution is -2.49. The van der Waals surface area contributed by atoms with Crippen LogP contribution in [0.5, 0.6) is 0 Å². The van der Waals surface area contributed by atoms with E-state index in [1.807, 2.05) is 23.6 Å². The molecule has 0 saturated carbocycles. The first-order valence-corrected chi connectivity index (χ1v) is 9.58. The van der Waals surface area contributed by atoms with Crippen LogP contribution in [-0.2, 0) is 11.2 Å². The molecule has 1 aromatic carbocycles. The normalized spacial score (nSPS) is 26.5. The van der Waals surface area contributed by atoms with Gasteiger partial charge in [-0.3, -0.25) is 4.79 Å². The summed E-state index contributed by atoms with van der Waals surface area (Å²) >= 11 is 1.60. The lowest BCUT2D eigenvalue weighted by Gasteiger charge is -2.36. The molecule has 1 N–H and O–H groups in total. The number of hydrogen-bond donors (Lipinski definition) is 1. The molecule has 126 valence electrons. The Labute approximate surface area is 146 Å². The Bertz CT molecular complexity index is 700. The Morgan fingerprint density at radius 1 is 1.25 bits per heavy atom. The van der Waals surface area contributed by atoms with Crippen LogP contribution in [0.2, 0.25) is 0 Å². The molecule has 0 radical (unpaired) electrons. The van der Waals surface area contributed by atoms with Gasteiger partial charge in [-0.15, -0.1) is 11.3 Å². The molecule has 24 heavy (non-hydrogen) atoms. The lowest BCUT2D eigenvalue weighted by atomic mass is 9.98. The molecule has 3 heterocycles. The highest BCUT2D eigenvalue weighted by atomic mass is 32.1. The molecule has 2 saturated heterocycles. The number of carbonyl (C=O) groups excluding carboxylic acids is 1. The fourth-order valence-corrected chi connectivity index (χ4v) is 4.90. The van der Waals surface area contributed by atoms with Crippen LogP contribution in [0.1, 0.15) is 31.4 Å². The van der Waals surface area contributed by atoms with Crippen molar-refractivity contribution in [3.8, 4) is 10.6 Å². The second-order valence-electron chi connectivity index (χ2n) is 6.97. The number of piperidine rings is 1. The number of amides is 1. The van der Waals surface area contributed by atoms with Crippen LogP contribution in [-0.4, -0.2) is 41.0 Å². The van der Waals surface area contributed by atoms with E-state index in [2.05, 4.69) is 34.4 Å². The van der Waals surface area contributed by atoms with Gasteiger partial charge in [0.1, 0.15) is 5.01 Å². The van der Waals surface area contributed by atoms with Gasteiger partial charge < -0.3 is 10.2 Å². The molecule has 2 bridgehead atoms. The smallest absolute Gasteiger partial charge is 0.226 e. The van der Waals surface area contributed by atoms with E-state index in [0.717, 1.165) is 29.1 Å². The summed E-state index contributed by atoms with van der Waals surface area (Å²) in [7, 11) is 2.22. The first kappa shape index (κ1) is 15.8. The summed E-state index contributed by atoms with van der Waals surface area (Å²) in [5, 5.41) is 6.22. The highest BCUT2D eigenvalue weighted by Crippen LogP contribution is 2.34. The predicted molar refractivity (Wildman–Crippen MR) is 97.0 cm³/mol. The van der Waals surface area contributed by atoms with Crippen molar-refractivity contribution in [2.24, 2.45) is 0 Å². The zero-order valence-electron chi connectivity index (χ0n) is 13.9. The van der Waals surface area contributed by atoms with E-state index in [4.69, 9.17) is 0 Å². The summed E-state index contributed by atoms with van der Waals surface area (Å²) in [4.78, 5) is 19.5. The van der Waals surface area contributed by atoms with Crippen molar-refractivity contribution in [1.82, 2.24) is 15.2 Å². The number of nitrogens with one attached hydrogen (secondary N) is 1. The van der Waals surface area contributed by atoms with Crippen molar-refractivity contribution >= 4 is 17.2 Å². The summed E-state index contributed by atoms with van der Waals surface area (Å²) in [5.41, 5.74) is 1.98. The van der Waals surface area contributed by atoms with Crippen LogP contribution < -0.4 is 5.32 Å². The van der Waals surface area contributed by atoms with Crippen LogP contribution in [0.15, 0.2) is 35.7 Å². The Morgan fingerprint density at radius 2 is 1.96 bits per heavy atom. The highest BCUT2D eigenvalue weighted by Gasteiger charge is 2.38. The predicted octanol–water partition coefficient (Wildman–Crippen LogP) is 3.09. The van der Waals surface area contributed by atoms with Gasteiger partial charge in [-0.1, -0.05) is 30.3 Å². The largest absolute Gasteiger partial charge is 0.353 e. The summed E-state index contributed by atoms with van der Waals surface area (Å²) in [5.74, 6) is 0.105. The number of thiazole rings is 1. The molecule has 2 fully saturated rings. The van der Waals surface area contributed by atoms with Crippen molar-refractivity contribution in [1.29, 1.82) is 0 Å². The minimum Gasteiger partial charge on any atom is -0.353 e. The summed E-state index contributed by atoms with van der Waals surface area (Å²) in [6.45, 7) is 0.